The molecular weight excluding hydrogens is 442 g/mol. The van der Waals surface area contributed by atoms with Gasteiger partial charge in [0, 0.05) is 31.6 Å². The maximum atomic E-state index is 12.9. The second-order valence-corrected chi connectivity index (χ2v) is 8.67. The summed E-state index contributed by atoms with van der Waals surface area (Å²) in [5, 5.41) is 11.8. The monoisotopic (exact) mass is 477 g/mol. The third-order valence-corrected chi connectivity index (χ3v) is 6.17. The Hall–Kier alpha value is -2.33. The second-order valence-electron chi connectivity index (χ2n) is 8.67. The molecule has 3 aliphatic rings. The molecule has 1 amide bonds. The lowest BCUT2D eigenvalue weighted by Crippen LogP contribution is -2.39. The molecule has 9 heteroatoms. The highest BCUT2D eigenvalue weighted by Crippen LogP contribution is 2.42. The molecule has 0 spiro atoms. The number of rotatable bonds is 14. The summed E-state index contributed by atoms with van der Waals surface area (Å²) in [6.45, 7) is 4.89. The number of nitrogens with one attached hydrogen (secondary N) is 1. The van der Waals surface area contributed by atoms with Gasteiger partial charge in [0.2, 0.25) is 13.1 Å². The summed E-state index contributed by atoms with van der Waals surface area (Å²) in [4.78, 5) is 12.9. The van der Waals surface area contributed by atoms with E-state index in [0.29, 0.717) is 63.4 Å². The number of hydrogen-bond donors (Lipinski definition) is 2. The Balaban J connectivity index is 1.49. The van der Waals surface area contributed by atoms with Gasteiger partial charge >= 0.3 is 0 Å². The van der Waals surface area contributed by atoms with Gasteiger partial charge in [-0.25, -0.2) is 0 Å². The van der Waals surface area contributed by atoms with Crippen molar-refractivity contribution in [1.82, 2.24) is 5.32 Å². The van der Waals surface area contributed by atoms with Gasteiger partial charge in [-0.3, -0.25) is 4.79 Å². The molecule has 3 unspecified atom stereocenters. The SMILES string of the molecule is CCOC1OC(C(=O)NCC2CC2)=CC(c2ccc3c(c2)OCO3)C1CCOCCOCCO. The number of ether oxygens (including phenoxy) is 6. The molecule has 4 rings (SSSR count). The van der Waals surface area contributed by atoms with Crippen molar-refractivity contribution in [1.29, 1.82) is 0 Å². The third-order valence-electron chi connectivity index (χ3n) is 6.17. The van der Waals surface area contributed by atoms with Crippen molar-refractivity contribution < 1.29 is 38.3 Å². The molecule has 1 aromatic rings. The van der Waals surface area contributed by atoms with Gasteiger partial charge in [-0.15, -0.1) is 0 Å². The van der Waals surface area contributed by atoms with Crippen molar-refractivity contribution in [3.05, 3.63) is 35.6 Å². The molecule has 0 radical (unpaired) electrons. The fraction of sp³-hybridized carbons (Fsp3) is 0.640. The minimum absolute atomic E-state index is 0.00440. The van der Waals surface area contributed by atoms with Crippen LogP contribution in [0.15, 0.2) is 30.0 Å². The van der Waals surface area contributed by atoms with Gasteiger partial charge in [0.25, 0.3) is 5.91 Å². The molecule has 3 atom stereocenters. The van der Waals surface area contributed by atoms with Crippen LogP contribution in [0.5, 0.6) is 11.5 Å². The van der Waals surface area contributed by atoms with Crippen LogP contribution >= 0.6 is 0 Å². The number of allylic oxidation sites excluding steroid dienone is 1. The van der Waals surface area contributed by atoms with E-state index in [9.17, 15) is 4.79 Å². The number of aliphatic hydroxyl groups is 1. The molecule has 0 bridgehead atoms. The van der Waals surface area contributed by atoms with E-state index < -0.39 is 6.29 Å². The molecule has 1 saturated carbocycles. The van der Waals surface area contributed by atoms with Gasteiger partial charge in [0.1, 0.15) is 0 Å². The first-order chi connectivity index (χ1) is 16.7. The lowest BCUT2D eigenvalue weighted by molar-refractivity contribution is -0.168. The summed E-state index contributed by atoms with van der Waals surface area (Å²) < 4.78 is 34.1. The first kappa shape index (κ1) is 24.8. The summed E-state index contributed by atoms with van der Waals surface area (Å²) >= 11 is 0. The molecule has 1 aliphatic carbocycles. The largest absolute Gasteiger partial charge is 0.459 e. The molecule has 9 nitrogen and oxygen atoms in total. The van der Waals surface area contributed by atoms with Crippen LogP contribution in [0, 0.1) is 11.8 Å². The molecule has 1 aromatic carbocycles. The van der Waals surface area contributed by atoms with Crippen molar-refractivity contribution in [2.45, 2.75) is 38.4 Å². The molecule has 2 aliphatic heterocycles. The van der Waals surface area contributed by atoms with Gasteiger partial charge in [0.15, 0.2) is 17.3 Å². The zero-order valence-electron chi connectivity index (χ0n) is 19.7. The predicted molar refractivity (Wildman–Crippen MR) is 122 cm³/mol. The zero-order valence-corrected chi connectivity index (χ0v) is 19.7. The molecule has 34 heavy (non-hydrogen) atoms. The minimum atomic E-state index is -0.582. The van der Waals surface area contributed by atoms with Crippen LogP contribution in [0.3, 0.4) is 0 Å². The third kappa shape index (κ3) is 6.63. The molecule has 188 valence electrons. The molecule has 0 saturated heterocycles. The number of amides is 1. The summed E-state index contributed by atoms with van der Waals surface area (Å²) in [7, 11) is 0. The predicted octanol–water partition coefficient (Wildman–Crippen LogP) is 2.33. The second kappa shape index (κ2) is 12.4. The van der Waals surface area contributed by atoms with E-state index in [0.717, 1.165) is 18.4 Å². The van der Waals surface area contributed by atoms with Crippen molar-refractivity contribution >= 4 is 5.91 Å². The quantitative estimate of drug-likeness (QED) is 0.394. The number of carbonyl (C=O) groups is 1. The normalized spacial score (nSPS) is 23.4. The highest BCUT2D eigenvalue weighted by atomic mass is 16.7. The number of carbonyl (C=O) groups excluding carboxylic acids is 1. The lowest BCUT2D eigenvalue weighted by Gasteiger charge is -2.37. The molecule has 0 aromatic heterocycles. The van der Waals surface area contributed by atoms with Crippen LogP contribution in [-0.2, 0) is 23.7 Å². The summed E-state index contributed by atoms with van der Waals surface area (Å²) in [5.41, 5.74) is 1.00. The summed E-state index contributed by atoms with van der Waals surface area (Å²) in [6, 6.07) is 5.86. The summed E-state index contributed by atoms with van der Waals surface area (Å²) in [6.07, 6.45) is 4.30. The lowest BCUT2D eigenvalue weighted by atomic mass is 9.81. The van der Waals surface area contributed by atoms with Crippen LogP contribution in [0.1, 0.15) is 37.7 Å². The van der Waals surface area contributed by atoms with Crippen LogP contribution < -0.4 is 14.8 Å². The number of benzene rings is 1. The molecule has 2 N–H and O–H groups in total. The average Bonchev–Trinajstić information content (AvgIpc) is 3.56. The van der Waals surface area contributed by atoms with Gasteiger partial charge in [-0.1, -0.05) is 6.07 Å². The van der Waals surface area contributed by atoms with Gasteiger partial charge in [-0.05, 0) is 55.9 Å². The van der Waals surface area contributed by atoms with E-state index in [1.165, 1.54) is 0 Å². The van der Waals surface area contributed by atoms with Gasteiger partial charge < -0.3 is 38.8 Å². The minimum Gasteiger partial charge on any atom is -0.459 e. The highest BCUT2D eigenvalue weighted by Gasteiger charge is 2.38. The Morgan fingerprint density at radius 2 is 1.91 bits per heavy atom. The fourth-order valence-electron chi connectivity index (χ4n) is 4.19. The number of fused-ring (bicyclic) bond motifs is 1. The van der Waals surface area contributed by atoms with E-state index in [1.807, 2.05) is 31.2 Å². The van der Waals surface area contributed by atoms with E-state index in [2.05, 4.69) is 5.32 Å². The van der Waals surface area contributed by atoms with E-state index in [-0.39, 0.29) is 36.9 Å². The first-order valence-corrected chi connectivity index (χ1v) is 12.1. The van der Waals surface area contributed by atoms with Gasteiger partial charge in [-0.2, -0.15) is 0 Å². The maximum Gasteiger partial charge on any atom is 0.286 e. The van der Waals surface area contributed by atoms with Crippen LogP contribution in [0.2, 0.25) is 0 Å². The van der Waals surface area contributed by atoms with Crippen molar-refractivity contribution in [2.24, 2.45) is 11.8 Å². The fourth-order valence-corrected chi connectivity index (χ4v) is 4.19. The Morgan fingerprint density at radius 3 is 2.68 bits per heavy atom. The number of hydrogen-bond acceptors (Lipinski definition) is 8. The molecular formula is C25H35NO8. The standard InChI is InChI=1S/C25H35NO8/c1-2-31-25-19(7-9-29-11-12-30-10-8-27)20(18-5-6-21-22(13-18)33-16-32-21)14-23(34-25)24(28)26-15-17-3-4-17/h5-6,13-14,17,19-20,25,27H,2-4,7-12,15-16H2,1H3,(H,26,28). The maximum absolute atomic E-state index is 12.9. The number of aliphatic hydroxyl groups excluding tert-OH is 1. The van der Waals surface area contributed by atoms with Crippen LogP contribution in [-0.4, -0.2) is 70.3 Å². The Morgan fingerprint density at radius 1 is 1.12 bits per heavy atom. The highest BCUT2D eigenvalue weighted by molar-refractivity contribution is 5.91. The van der Waals surface area contributed by atoms with Crippen molar-refractivity contribution in [3.8, 4) is 11.5 Å². The van der Waals surface area contributed by atoms with E-state index in [1.54, 1.807) is 0 Å². The van der Waals surface area contributed by atoms with Crippen molar-refractivity contribution in [2.75, 3.05) is 53.0 Å². The van der Waals surface area contributed by atoms with E-state index >= 15 is 0 Å². The first-order valence-electron chi connectivity index (χ1n) is 12.1. The van der Waals surface area contributed by atoms with Crippen LogP contribution in [0.25, 0.3) is 0 Å². The smallest absolute Gasteiger partial charge is 0.286 e. The average molecular weight is 478 g/mol. The Labute approximate surface area is 200 Å². The Kier molecular flexibility index (Phi) is 9.04. The van der Waals surface area contributed by atoms with Crippen molar-refractivity contribution in [3.63, 3.8) is 0 Å². The summed E-state index contributed by atoms with van der Waals surface area (Å²) in [5.74, 6) is 1.86. The van der Waals surface area contributed by atoms with Crippen LogP contribution in [0.4, 0.5) is 0 Å². The topological polar surface area (TPSA) is 105 Å². The van der Waals surface area contributed by atoms with E-state index in [4.69, 9.17) is 33.5 Å². The Bertz CT molecular complexity index is 840. The zero-order chi connectivity index (χ0) is 23.8. The molecule has 1 fully saturated rings. The van der Waals surface area contributed by atoms with Gasteiger partial charge in [0.05, 0.1) is 26.4 Å². The molecule has 2 heterocycles.